The molecule has 0 aromatic carbocycles. The molecule has 138 valence electrons. The van der Waals surface area contributed by atoms with Gasteiger partial charge in [0.2, 0.25) is 5.91 Å². The molecule has 2 fully saturated rings. The molecule has 1 saturated heterocycles. The topological polar surface area (TPSA) is 64.7 Å². The summed E-state index contributed by atoms with van der Waals surface area (Å²) >= 11 is 0. The van der Waals surface area contributed by atoms with Gasteiger partial charge in [0.25, 0.3) is 0 Å². The van der Waals surface area contributed by atoms with E-state index in [9.17, 15) is 9.59 Å². The van der Waals surface area contributed by atoms with Gasteiger partial charge >= 0.3 is 6.03 Å². The minimum Gasteiger partial charge on any atom is -0.355 e. The lowest BCUT2D eigenvalue weighted by Crippen LogP contribution is -2.53. The Balaban J connectivity index is 1.61. The maximum absolute atomic E-state index is 12.3. The predicted octanol–water partition coefficient (Wildman–Crippen LogP) is 1.67. The van der Waals surface area contributed by atoms with Crippen molar-refractivity contribution in [3.05, 3.63) is 0 Å². The molecule has 1 aliphatic heterocycles. The molecule has 6 nitrogen and oxygen atoms in total. The van der Waals surface area contributed by atoms with Crippen LogP contribution in [0, 0.1) is 11.8 Å². The zero-order chi connectivity index (χ0) is 17.4. The zero-order valence-corrected chi connectivity index (χ0v) is 15.4. The van der Waals surface area contributed by atoms with Crippen LogP contribution in [0.1, 0.15) is 46.0 Å². The Labute approximate surface area is 146 Å². The number of carbonyl (C=O) groups excluding carboxylic acids is 2. The van der Waals surface area contributed by atoms with Crippen LogP contribution in [-0.2, 0) is 4.79 Å². The third-order valence-corrected chi connectivity index (χ3v) is 5.49. The van der Waals surface area contributed by atoms with Crippen LogP contribution in [0.5, 0.6) is 0 Å². The standard InChI is InChI=1S/C18H34N4O2/c1-3-15-5-7-16(8-6-15)13-20-18(24)22-11-9-21(10-12-22)14-17(23)19-4-2/h15-16H,3-14H2,1-2H3,(H,19,23)(H,20,24). The summed E-state index contributed by atoms with van der Waals surface area (Å²) < 4.78 is 0. The van der Waals surface area contributed by atoms with Crippen LogP contribution in [0.15, 0.2) is 0 Å². The molecule has 2 aliphatic rings. The van der Waals surface area contributed by atoms with Crippen molar-refractivity contribution in [2.75, 3.05) is 45.8 Å². The van der Waals surface area contributed by atoms with E-state index in [1.807, 2.05) is 11.8 Å². The van der Waals surface area contributed by atoms with Gasteiger partial charge in [-0.3, -0.25) is 9.69 Å². The molecular weight excluding hydrogens is 304 g/mol. The fourth-order valence-electron chi connectivity index (χ4n) is 3.75. The highest BCUT2D eigenvalue weighted by molar-refractivity contribution is 5.78. The number of piperazine rings is 1. The van der Waals surface area contributed by atoms with Gasteiger partial charge in [-0.15, -0.1) is 0 Å². The van der Waals surface area contributed by atoms with Crippen molar-refractivity contribution in [3.63, 3.8) is 0 Å². The molecular formula is C18H34N4O2. The van der Waals surface area contributed by atoms with Crippen molar-refractivity contribution in [1.82, 2.24) is 20.4 Å². The lowest BCUT2D eigenvalue weighted by atomic mass is 9.81. The van der Waals surface area contributed by atoms with Crippen LogP contribution in [0.25, 0.3) is 0 Å². The van der Waals surface area contributed by atoms with Gasteiger partial charge in [-0.1, -0.05) is 26.2 Å². The second-order valence-electron chi connectivity index (χ2n) is 7.20. The van der Waals surface area contributed by atoms with Gasteiger partial charge < -0.3 is 15.5 Å². The van der Waals surface area contributed by atoms with E-state index >= 15 is 0 Å². The van der Waals surface area contributed by atoms with Crippen molar-refractivity contribution in [2.24, 2.45) is 11.8 Å². The van der Waals surface area contributed by atoms with Crippen LogP contribution < -0.4 is 10.6 Å². The van der Waals surface area contributed by atoms with Crippen molar-refractivity contribution >= 4 is 11.9 Å². The summed E-state index contributed by atoms with van der Waals surface area (Å²) in [5, 5.41) is 5.94. The Bertz CT molecular complexity index is 400. The molecule has 3 amide bonds. The smallest absolute Gasteiger partial charge is 0.317 e. The molecule has 0 unspecified atom stereocenters. The molecule has 0 bridgehead atoms. The molecule has 0 aromatic rings. The van der Waals surface area contributed by atoms with Crippen molar-refractivity contribution < 1.29 is 9.59 Å². The summed E-state index contributed by atoms with van der Waals surface area (Å²) in [5.74, 6) is 1.61. The third kappa shape index (κ3) is 5.96. The summed E-state index contributed by atoms with van der Waals surface area (Å²) in [7, 11) is 0. The molecule has 2 N–H and O–H groups in total. The Kier molecular flexibility index (Phi) is 7.82. The number of nitrogens with zero attached hydrogens (tertiary/aromatic N) is 2. The lowest BCUT2D eigenvalue weighted by Gasteiger charge is -2.35. The van der Waals surface area contributed by atoms with Gasteiger partial charge in [-0.05, 0) is 31.6 Å². The van der Waals surface area contributed by atoms with Crippen LogP contribution >= 0.6 is 0 Å². The first-order valence-corrected chi connectivity index (χ1v) is 9.64. The summed E-state index contributed by atoms with van der Waals surface area (Å²) in [5.41, 5.74) is 0. The molecule has 1 heterocycles. The molecule has 24 heavy (non-hydrogen) atoms. The summed E-state index contributed by atoms with van der Waals surface area (Å²) in [6.07, 6.45) is 6.42. The van der Waals surface area contributed by atoms with Gasteiger partial charge in [-0.25, -0.2) is 4.79 Å². The number of amides is 3. The van der Waals surface area contributed by atoms with Crippen LogP contribution in [0.4, 0.5) is 4.79 Å². The quantitative estimate of drug-likeness (QED) is 0.774. The highest BCUT2D eigenvalue weighted by Gasteiger charge is 2.24. The zero-order valence-electron chi connectivity index (χ0n) is 15.4. The van der Waals surface area contributed by atoms with E-state index in [1.54, 1.807) is 0 Å². The summed E-state index contributed by atoms with van der Waals surface area (Å²) in [4.78, 5) is 27.9. The molecule has 0 spiro atoms. The summed E-state index contributed by atoms with van der Waals surface area (Å²) in [6, 6.07) is 0.0604. The summed E-state index contributed by atoms with van der Waals surface area (Å²) in [6.45, 7) is 9.06. The van der Waals surface area contributed by atoms with Gasteiger partial charge in [0.15, 0.2) is 0 Å². The molecule has 0 radical (unpaired) electrons. The highest BCUT2D eigenvalue weighted by atomic mass is 16.2. The first-order valence-electron chi connectivity index (χ1n) is 9.64. The molecule has 0 atom stereocenters. The SMILES string of the molecule is CCNC(=O)CN1CCN(C(=O)NCC2CCC(CC)CC2)CC1. The third-order valence-electron chi connectivity index (χ3n) is 5.49. The second-order valence-corrected chi connectivity index (χ2v) is 7.20. The number of rotatable bonds is 6. The fraction of sp³-hybridized carbons (Fsp3) is 0.889. The largest absolute Gasteiger partial charge is 0.355 e. The average Bonchev–Trinajstić information content (AvgIpc) is 2.61. The number of urea groups is 1. The molecule has 2 rings (SSSR count). The average molecular weight is 338 g/mol. The number of hydrogen-bond acceptors (Lipinski definition) is 3. The van der Waals surface area contributed by atoms with E-state index in [1.165, 1.54) is 32.1 Å². The van der Waals surface area contributed by atoms with Gasteiger partial charge in [0, 0.05) is 39.3 Å². The number of nitrogens with one attached hydrogen (secondary N) is 2. The van der Waals surface area contributed by atoms with Crippen LogP contribution in [0.2, 0.25) is 0 Å². The van der Waals surface area contributed by atoms with Gasteiger partial charge in [0.1, 0.15) is 0 Å². The molecule has 1 aliphatic carbocycles. The predicted molar refractivity (Wildman–Crippen MR) is 95.8 cm³/mol. The maximum Gasteiger partial charge on any atom is 0.317 e. The minimum absolute atomic E-state index is 0.0604. The molecule has 6 heteroatoms. The van der Waals surface area contributed by atoms with Crippen LogP contribution in [-0.4, -0.2) is 67.6 Å². The second kappa shape index (κ2) is 9.87. The molecule has 0 aromatic heterocycles. The monoisotopic (exact) mass is 338 g/mol. The maximum atomic E-state index is 12.3. The Morgan fingerprint density at radius 3 is 2.12 bits per heavy atom. The van der Waals surface area contributed by atoms with Crippen LogP contribution in [0.3, 0.4) is 0 Å². The molecule has 1 saturated carbocycles. The van der Waals surface area contributed by atoms with E-state index in [4.69, 9.17) is 0 Å². The first-order chi connectivity index (χ1) is 11.6. The fourth-order valence-corrected chi connectivity index (χ4v) is 3.75. The highest BCUT2D eigenvalue weighted by Crippen LogP contribution is 2.30. The van der Waals surface area contributed by atoms with E-state index in [0.29, 0.717) is 32.1 Å². The van der Waals surface area contributed by atoms with Crippen molar-refractivity contribution in [1.29, 1.82) is 0 Å². The van der Waals surface area contributed by atoms with E-state index in [0.717, 1.165) is 25.6 Å². The first kappa shape index (κ1) is 19.0. The Morgan fingerprint density at radius 1 is 0.917 bits per heavy atom. The number of likely N-dealkylation sites (N-methyl/N-ethyl adjacent to an activating group) is 1. The van der Waals surface area contributed by atoms with E-state index in [-0.39, 0.29) is 11.9 Å². The Morgan fingerprint density at radius 2 is 1.54 bits per heavy atom. The lowest BCUT2D eigenvalue weighted by molar-refractivity contribution is -0.122. The number of hydrogen-bond donors (Lipinski definition) is 2. The Hall–Kier alpha value is -1.30. The van der Waals surface area contributed by atoms with Crippen molar-refractivity contribution in [2.45, 2.75) is 46.0 Å². The van der Waals surface area contributed by atoms with Crippen molar-refractivity contribution in [3.8, 4) is 0 Å². The van der Waals surface area contributed by atoms with E-state index < -0.39 is 0 Å². The van der Waals surface area contributed by atoms with E-state index in [2.05, 4.69) is 22.5 Å². The normalized spacial score (nSPS) is 25.3. The number of carbonyl (C=O) groups is 2. The van der Waals surface area contributed by atoms with Gasteiger partial charge in [-0.2, -0.15) is 0 Å². The minimum atomic E-state index is 0.0604. The van der Waals surface area contributed by atoms with Gasteiger partial charge in [0.05, 0.1) is 6.54 Å².